The fourth-order valence-electron chi connectivity index (χ4n) is 1.75. The average Bonchev–Trinajstić information content (AvgIpc) is 2.46. The van der Waals surface area contributed by atoms with Gasteiger partial charge in [0, 0.05) is 29.6 Å². The molecular weight excluding hydrogens is 238 g/mol. The number of aromatic nitrogens is 2. The Bertz CT molecular complexity index is 552. The first kappa shape index (κ1) is 13.2. The maximum absolute atomic E-state index is 11.9. The number of hydrogen-bond donors (Lipinski definition) is 0. The molecule has 0 spiro atoms. The van der Waals surface area contributed by atoms with Crippen LogP contribution in [0.25, 0.3) is 0 Å². The number of rotatable bonds is 5. The third-order valence-corrected chi connectivity index (χ3v) is 2.78. The lowest BCUT2D eigenvalue weighted by molar-refractivity contribution is -0.681. The van der Waals surface area contributed by atoms with Gasteiger partial charge in [-0.05, 0) is 30.1 Å². The Balaban J connectivity index is 2.18. The average molecular weight is 255 g/mol. The van der Waals surface area contributed by atoms with Gasteiger partial charge in [-0.25, -0.2) is 0 Å². The maximum Gasteiger partial charge on any atom is 0.205 e. The molecule has 0 bridgehead atoms. The van der Waals surface area contributed by atoms with Crippen molar-refractivity contribution in [2.45, 2.75) is 26.2 Å². The molecule has 0 aliphatic carbocycles. The van der Waals surface area contributed by atoms with Gasteiger partial charge in [0.25, 0.3) is 0 Å². The number of pyridine rings is 2. The lowest BCUT2D eigenvalue weighted by atomic mass is 10.1. The predicted octanol–water partition coefficient (Wildman–Crippen LogP) is 1.28. The second-order valence-electron chi connectivity index (χ2n) is 4.34. The molecule has 2 rings (SSSR count). The summed E-state index contributed by atoms with van der Waals surface area (Å²) in [5.41, 5.74) is 1.68. The molecule has 19 heavy (non-hydrogen) atoms. The van der Waals surface area contributed by atoms with Gasteiger partial charge < -0.3 is 5.11 Å². The van der Waals surface area contributed by atoms with Crippen LogP contribution < -0.4 is 9.78 Å². The summed E-state index contributed by atoms with van der Waals surface area (Å²) in [6.07, 6.45) is 10.1. The molecule has 0 aliphatic heterocycles. The number of nitrogens with zero attached hydrogens (tertiary/aromatic N) is 3. The van der Waals surface area contributed by atoms with Crippen molar-refractivity contribution in [2.24, 2.45) is 5.10 Å². The van der Waals surface area contributed by atoms with E-state index in [9.17, 15) is 5.11 Å². The van der Waals surface area contributed by atoms with Gasteiger partial charge in [0.15, 0.2) is 0 Å². The van der Waals surface area contributed by atoms with Crippen molar-refractivity contribution in [1.82, 2.24) is 4.98 Å². The van der Waals surface area contributed by atoms with E-state index < -0.39 is 0 Å². The van der Waals surface area contributed by atoms with E-state index in [2.05, 4.69) is 23.1 Å². The minimum absolute atomic E-state index is 0.286. The van der Waals surface area contributed by atoms with E-state index in [0.717, 1.165) is 19.3 Å². The SMILES string of the molecule is CCCCc1ccc[n+](/N=C(\[O-])c2cccnc2)c1. The van der Waals surface area contributed by atoms with Crippen molar-refractivity contribution in [3.8, 4) is 0 Å². The van der Waals surface area contributed by atoms with Crippen molar-refractivity contribution in [1.29, 1.82) is 0 Å². The number of aryl methyl sites for hydroxylation is 1. The second kappa shape index (κ2) is 6.64. The molecule has 4 heteroatoms. The molecule has 0 fully saturated rings. The van der Waals surface area contributed by atoms with E-state index in [1.165, 1.54) is 11.8 Å². The third kappa shape index (κ3) is 3.88. The van der Waals surface area contributed by atoms with Crippen molar-refractivity contribution in [3.63, 3.8) is 0 Å². The highest BCUT2D eigenvalue weighted by atomic mass is 16.3. The Hall–Kier alpha value is -2.23. The summed E-state index contributed by atoms with van der Waals surface area (Å²) in [6, 6.07) is 7.40. The molecule has 2 aromatic heterocycles. The fraction of sp³-hybridized carbons (Fsp3) is 0.267. The second-order valence-corrected chi connectivity index (χ2v) is 4.34. The molecule has 0 saturated heterocycles. The van der Waals surface area contributed by atoms with Gasteiger partial charge in [0.2, 0.25) is 12.4 Å². The molecule has 0 aliphatic rings. The molecule has 0 N–H and O–H groups in total. The van der Waals surface area contributed by atoms with Crippen LogP contribution in [-0.4, -0.2) is 10.9 Å². The molecule has 0 atom stereocenters. The van der Waals surface area contributed by atoms with Crippen LogP contribution in [0.5, 0.6) is 0 Å². The zero-order chi connectivity index (χ0) is 13.5. The van der Waals surface area contributed by atoms with Gasteiger partial charge in [-0.15, -0.1) is 0 Å². The molecule has 98 valence electrons. The molecule has 0 aromatic carbocycles. The van der Waals surface area contributed by atoms with E-state index >= 15 is 0 Å². The molecular formula is C15H17N3O. The highest BCUT2D eigenvalue weighted by Gasteiger charge is 2.02. The molecule has 2 aromatic rings. The topological polar surface area (TPSA) is 52.2 Å². The first-order chi connectivity index (χ1) is 9.29. The summed E-state index contributed by atoms with van der Waals surface area (Å²) in [4.78, 5) is 3.92. The van der Waals surface area contributed by atoms with Crippen LogP contribution in [0.1, 0.15) is 30.9 Å². The summed E-state index contributed by atoms with van der Waals surface area (Å²) in [5.74, 6) is -0.286. The predicted molar refractivity (Wildman–Crippen MR) is 71.4 cm³/mol. The zero-order valence-electron chi connectivity index (χ0n) is 11.0. The summed E-state index contributed by atoms with van der Waals surface area (Å²) >= 11 is 0. The Morgan fingerprint density at radius 1 is 1.37 bits per heavy atom. The van der Waals surface area contributed by atoms with Crippen molar-refractivity contribution >= 4 is 5.90 Å². The molecule has 0 radical (unpaired) electrons. The lowest BCUT2D eigenvalue weighted by Gasteiger charge is -2.05. The quantitative estimate of drug-likeness (QED) is 0.459. The minimum atomic E-state index is -0.286. The molecule has 4 nitrogen and oxygen atoms in total. The van der Waals surface area contributed by atoms with Crippen LogP contribution in [0.2, 0.25) is 0 Å². The van der Waals surface area contributed by atoms with Gasteiger partial charge in [-0.2, -0.15) is 0 Å². The Morgan fingerprint density at radius 3 is 3.00 bits per heavy atom. The van der Waals surface area contributed by atoms with Crippen molar-refractivity contribution < 1.29 is 9.78 Å². The van der Waals surface area contributed by atoms with Gasteiger partial charge in [0.05, 0.1) is 5.90 Å². The summed E-state index contributed by atoms with van der Waals surface area (Å²) in [5, 5.41) is 15.9. The van der Waals surface area contributed by atoms with Crippen LogP contribution in [-0.2, 0) is 6.42 Å². The molecule has 0 unspecified atom stereocenters. The molecule has 0 amide bonds. The van der Waals surface area contributed by atoms with E-state index in [4.69, 9.17) is 0 Å². The Labute approximate surface area is 113 Å². The Kier molecular flexibility index (Phi) is 4.61. The van der Waals surface area contributed by atoms with E-state index in [1.54, 1.807) is 29.2 Å². The van der Waals surface area contributed by atoms with E-state index in [1.807, 2.05) is 12.3 Å². The van der Waals surface area contributed by atoms with Crippen LogP contribution in [0.4, 0.5) is 0 Å². The fourth-order valence-corrected chi connectivity index (χ4v) is 1.75. The number of unbranched alkanes of at least 4 members (excludes halogenated alkanes) is 1. The van der Waals surface area contributed by atoms with Crippen LogP contribution in [0, 0.1) is 0 Å². The monoisotopic (exact) mass is 255 g/mol. The largest absolute Gasteiger partial charge is 0.854 e. The standard InChI is InChI=1S/C15H17N3O/c1-2-3-6-13-7-5-10-18(12-13)17-15(19)14-8-4-9-16-11-14/h4-5,7-12H,2-3,6H2,1H3. The summed E-state index contributed by atoms with van der Waals surface area (Å²) in [7, 11) is 0. The van der Waals surface area contributed by atoms with Crippen LogP contribution in [0.15, 0.2) is 54.2 Å². The maximum atomic E-state index is 11.9. The molecule has 2 heterocycles. The third-order valence-electron chi connectivity index (χ3n) is 2.78. The van der Waals surface area contributed by atoms with Crippen molar-refractivity contribution in [2.75, 3.05) is 0 Å². The number of hydrogen-bond acceptors (Lipinski definition) is 3. The van der Waals surface area contributed by atoms with E-state index in [-0.39, 0.29) is 5.90 Å². The minimum Gasteiger partial charge on any atom is -0.854 e. The van der Waals surface area contributed by atoms with Crippen molar-refractivity contribution in [3.05, 3.63) is 60.2 Å². The first-order valence-electron chi connectivity index (χ1n) is 6.46. The zero-order valence-corrected chi connectivity index (χ0v) is 11.0. The highest BCUT2D eigenvalue weighted by molar-refractivity contribution is 5.89. The van der Waals surface area contributed by atoms with Gasteiger partial charge in [0.1, 0.15) is 0 Å². The van der Waals surface area contributed by atoms with Crippen LogP contribution in [0.3, 0.4) is 0 Å². The van der Waals surface area contributed by atoms with Gasteiger partial charge in [-0.3, -0.25) is 4.98 Å². The smallest absolute Gasteiger partial charge is 0.205 e. The van der Waals surface area contributed by atoms with Crippen LogP contribution >= 0.6 is 0 Å². The highest BCUT2D eigenvalue weighted by Crippen LogP contribution is 2.01. The lowest BCUT2D eigenvalue weighted by Crippen LogP contribution is -2.33. The first-order valence-corrected chi connectivity index (χ1v) is 6.46. The molecule has 0 saturated carbocycles. The normalized spacial score (nSPS) is 11.5. The Morgan fingerprint density at radius 2 is 2.26 bits per heavy atom. The summed E-state index contributed by atoms with van der Waals surface area (Å²) in [6.45, 7) is 2.16. The van der Waals surface area contributed by atoms with E-state index in [0.29, 0.717) is 5.56 Å². The summed E-state index contributed by atoms with van der Waals surface area (Å²) < 4.78 is 1.57. The van der Waals surface area contributed by atoms with Gasteiger partial charge >= 0.3 is 0 Å². The van der Waals surface area contributed by atoms with Gasteiger partial charge in [-0.1, -0.05) is 24.1 Å².